The van der Waals surface area contributed by atoms with Crippen LogP contribution >= 0.6 is 0 Å². The molecule has 3 aliphatic heterocycles. The van der Waals surface area contributed by atoms with Crippen molar-refractivity contribution in [1.82, 2.24) is 30.2 Å². The summed E-state index contributed by atoms with van der Waals surface area (Å²) in [6.45, 7) is 3.29. The lowest BCUT2D eigenvalue weighted by Gasteiger charge is -2.49. The lowest BCUT2D eigenvalue weighted by Crippen LogP contribution is -2.57. The van der Waals surface area contributed by atoms with E-state index in [1.54, 1.807) is 6.20 Å². The number of hydrogen-bond donors (Lipinski definition) is 1. The van der Waals surface area contributed by atoms with E-state index < -0.39 is 0 Å². The van der Waals surface area contributed by atoms with Gasteiger partial charge in [-0.05, 0) is 43.0 Å². The predicted octanol–water partition coefficient (Wildman–Crippen LogP) is 2.37. The van der Waals surface area contributed by atoms with Crippen LogP contribution in [0.3, 0.4) is 0 Å². The Hall–Kier alpha value is -3.06. The molecule has 3 aliphatic rings. The van der Waals surface area contributed by atoms with Gasteiger partial charge in [0.1, 0.15) is 5.69 Å². The smallest absolute Gasteiger partial charge is 0.224 e. The Balaban J connectivity index is 1.19. The van der Waals surface area contributed by atoms with Gasteiger partial charge in [-0.25, -0.2) is 0 Å². The average Bonchev–Trinajstić information content (AvgIpc) is 3.28. The number of fused-ring (bicyclic) bond motifs is 3. The summed E-state index contributed by atoms with van der Waals surface area (Å²) in [6, 6.07) is 16.3. The van der Waals surface area contributed by atoms with Crippen molar-refractivity contribution in [3.05, 3.63) is 66.5 Å². The van der Waals surface area contributed by atoms with Gasteiger partial charge in [-0.1, -0.05) is 41.6 Å². The minimum Gasteiger partial charge on any atom is -0.352 e. The molecule has 4 atom stereocenters. The first-order valence-electron chi connectivity index (χ1n) is 10.6. The van der Waals surface area contributed by atoms with E-state index in [1.165, 1.54) is 0 Å². The Labute approximate surface area is 176 Å². The first-order valence-corrected chi connectivity index (χ1v) is 10.6. The highest BCUT2D eigenvalue weighted by Crippen LogP contribution is 2.37. The van der Waals surface area contributed by atoms with Crippen molar-refractivity contribution in [1.29, 1.82) is 0 Å². The SMILES string of the molecule is O=C(NCc1ccccc1)[C@@H]1CN2CC[C@@H]1C[C@@H]2Cn1cc(-c2ccccn2)nn1. The second-order valence-corrected chi connectivity index (χ2v) is 8.28. The molecule has 7 nitrogen and oxygen atoms in total. The van der Waals surface area contributed by atoms with Gasteiger partial charge in [0, 0.05) is 25.3 Å². The molecule has 0 radical (unpaired) electrons. The van der Waals surface area contributed by atoms with Gasteiger partial charge in [-0.3, -0.25) is 19.4 Å². The van der Waals surface area contributed by atoms with Crippen LogP contribution in [0.25, 0.3) is 11.4 Å². The van der Waals surface area contributed by atoms with Crippen LogP contribution < -0.4 is 5.32 Å². The second kappa shape index (κ2) is 8.36. The highest BCUT2D eigenvalue weighted by Gasteiger charge is 2.43. The number of nitrogens with zero attached hydrogens (tertiary/aromatic N) is 5. The maximum absolute atomic E-state index is 12.8. The van der Waals surface area contributed by atoms with Crippen LogP contribution in [0.2, 0.25) is 0 Å². The zero-order valence-electron chi connectivity index (χ0n) is 16.9. The summed E-state index contributed by atoms with van der Waals surface area (Å²) in [4.78, 5) is 19.6. The van der Waals surface area contributed by atoms with Crippen LogP contribution in [-0.4, -0.2) is 49.9 Å². The van der Waals surface area contributed by atoms with Crippen LogP contribution in [0.4, 0.5) is 0 Å². The fourth-order valence-electron chi connectivity index (χ4n) is 4.78. The van der Waals surface area contributed by atoms with Crippen molar-refractivity contribution in [2.75, 3.05) is 13.1 Å². The van der Waals surface area contributed by atoms with Crippen molar-refractivity contribution < 1.29 is 4.79 Å². The molecule has 5 heterocycles. The number of aromatic nitrogens is 4. The fraction of sp³-hybridized carbons (Fsp3) is 0.391. The highest BCUT2D eigenvalue weighted by molar-refractivity contribution is 5.79. The molecule has 1 unspecified atom stereocenters. The lowest BCUT2D eigenvalue weighted by molar-refractivity contribution is -0.133. The summed E-state index contributed by atoms with van der Waals surface area (Å²) in [6.07, 6.45) is 5.86. The molecule has 1 amide bonds. The van der Waals surface area contributed by atoms with Gasteiger partial charge in [-0.15, -0.1) is 5.10 Å². The van der Waals surface area contributed by atoms with Gasteiger partial charge in [0.25, 0.3) is 0 Å². The van der Waals surface area contributed by atoms with E-state index in [0.717, 1.165) is 49.4 Å². The lowest BCUT2D eigenvalue weighted by atomic mass is 9.75. The zero-order chi connectivity index (χ0) is 20.3. The second-order valence-electron chi connectivity index (χ2n) is 8.28. The number of hydrogen-bond acceptors (Lipinski definition) is 5. The van der Waals surface area contributed by atoms with Crippen LogP contribution in [0, 0.1) is 11.8 Å². The molecule has 154 valence electrons. The van der Waals surface area contributed by atoms with Crippen molar-refractivity contribution in [3.63, 3.8) is 0 Å². The summed E-state index contributed by atoms with van der Waals surface area (Å²) in [5.41, 5.74) is 2.77. The molecule has 6 rings (SSSR count). The Kier molecular flexibility index (Phi) is 5.27. The molecule has 2 aromatic heterocycles. The molecular formula is C23H26N6O. The van der Waals surface area contributed by atoms with E-state index >= 15 is 0 Å². The molecule has 3 aromatic rings. The van der Waals surface area contributed by atoms with E-state index in [-0.39, 0.29) is 11.8 Å². The first kappa shape index (κ1) is 18.9. The Morgan fingerprint density at radius 2 is 1.97 bits per heavy atom. The number of piperidine rings is 3. The summed E-state index contributed by atoms with van der Waals surface area (Å²) in [5, 5.41) is 11.7. The summed E-state index contributed by atoms with van der Waals surface area (Å²) >= 11 is 0. The van der Waals surface area contributed by atoms with Gasteiger partial charge in [0.05, 0.1) is 24.4 Å². The van der Waals surface area contributed by atoms with Crippen molar-refractivity contribution in [2.45, 2.75) is 32.0 Å². The predicted molar refractivity (Wildman–Crippen MR) is 113 cm³/mol. The summed E-state index contributed by atoms with van der Waals surface area (Å²) in [5.74, 6) is 0.707. The van der Waals surface area contributed by atoms with Crippen LogP contribution in [0.5, 0.6) is 0 Å². The molecular weight excluding hydrogens is 376 g/mol. The van der Waals surface area contributed by atoms with Gasteiger partial charge in [-0.2, -0.15) is 0 Å². The van der Waals surface area contributed by atoms with E-state index in [2.05, 4.69) is 25.5 Å². The van der Waals surface area contributed by atoms with Crippen molar-refractivity contribution in [3.8, 4) is 11.4 Å². The number of carbonyl (C=O) groups excluding carboxylic acids is 1. The molecule has 1 N–H and O–H groups in total. The summed E-state index contributed by atoms with van der Waals surface area (Å²) < 4.78 is 1.92. The topological polar surface area (TPSA) is 75.9 Å². The molecule has 0 aliphatic carbocycles. The maximum Gasteiger partial charge on any atom is 0.224 e. The number of amides is 1. The molecule has 3 fully saturated rings. The zero-order valence-corrected chi connectivity index (χ0v) is 16.9. The number of rotatable bonds is 6. The average molecular weight is 403 g/mol. The van der Waals surface area contributed by atoms with Crippen LogP contribution in [0.1, 0.15) is 18.4 Å². The van der Waals surface area contributed by atoms with Gasteiger partial charge < -0.3 is 5.32 Å². The normalized spacial score (nSPS) is 25.2. The van der Waals surface area contributed by atoms with Crippen LogP contribution in [-0.2, 0) is 17.9 Å². The summed E-state index contributed by atoms with van der Waals surface area (Å²) in [7, 11) is 0. The number of carbonyl (C=O) groups is 1. The highest BCUT2D eigenvalue weighted by atomic mass is 16.1. The number of benzene rings is 1. The molecule has 3 saturated heterocycles. The molecule has 30 heavy (non-hydrogen) atoms. The Bertz CT molecular complexity index is 989. The monoisotopic (exact) mass is 402 g/mol. The third-order valence-electron chi connectivity index (χ3n) is 6.39. The third kappa shape index (κ3) is 3.98. The fourth-order valence-corrected chi connectivity index (χ4v) is 4.78. The minimum atomic E-state index is 0.0820. The molecule has 2 bridgehead atoms. The van der Waals surface area contributed by atoms with Crippen molar-refractivity contribution >= 4 is 5.91 Å². The molecule has 0 saturated carbocycles. The van der Waals surface area contributed by atoms with E-state index in [4.69, 9.17) is 0 Å². The quantitative estimate of drug-likeness (QED) is 0.685. The third-order valence-corrected chi connectivity index (χ3v) is 6.39. The molecule has 0 spiro atoms. The maximum atomic E-state index is 12.8. The Morgan fingerprint density at radius 1 is 1.10 bits per heavy atom. The first-order chi connectivity index (χ1) is 14.8. The molecule has 1 aromatic carbocycles. The van der Waals surface area contributed by atoms with Gasteiger partial charge in [0.2, 0.25) is 5.91 Å². The van der Waals surface area contributed by atoms with E-state index in [9.17, 15) is 4.79 Å². The van der Waals surface area contributed by atoms with Crippen LogP contribution in [0.15, 0.2) is 60.9 Å². The number of nitrogens with one attached hydrogen (secondary N) is 1. The van der Waals surface area contributed by atoms with Gasteiger partial charge >= 0.3 is 0 Å². The molecule has 7 heteroatoms. The van der Waals surface area contributed by atoms with E-state index in [0.29, 0.717) is 18.5 Å². The number of pyridine rings is 1. The van der Waals surface area contributed by atoms with Crippen molar-refractivity contribution in [2.24, 2.45) is 11.8 Å². The largest absolute Gasteiger partial charge is 0.352 e. The van der Waals surface area contributed by atoms with Gasteiger partial charge in [0.15, 0.2) is 0 Å². The van der Waals surface area contributed by atoms with E-state index in [1.807, 2.05) is 59.4 Å². The minimum absolute atomic E-state index is 0.0820. The standard InChI is InChI=1S/C23H26N6O/c30-23(25-13-17-6-2-1-3-7-17)20-15-28-11-9-18(20)12-19(28)14-29-16-22(26-27-29)21-8-4-5-10-24-21/h1-8,10,16,18-20H,9,11-15H2,(H,25,30)/t18-,19-,20-/m1/s1. The Morgan fingerprint density at radius 3 is 2.73 bits per heavy atom.